The van der Waals surface area contributed by atoms with Crippen LogP contribution in [0, 0.1) is 5.92 Å². The Bertz CT molecular complexity index is 3440. The molecule has 3 saturated heterocycles. The van der Waals surface area contributed by atoms with Crippen molar-refractivity contribution < 1.29 is 62.6 Å². The van der Waals surface area contributed by atoms with Crippen LogP contribution in [-0.2, 0) is 76.8 Å². The maximum Gasteiger partial charge on any atom is 0.245 e. The Hall–Kier alpha value is -9.73. The molecule has 0 spiro atoms. The van der Waals surface area contributed by atoms with Gasteiger partial charge in [0.25, 0.3) is 0 Å². The molecule has 3 aromatic carbocycles. The van der Waals surface area contributed by atoms with E-state index in [1.165, 1.54) is 17.4 Å². The van der Waals surface area contributed by atoms with Crippen LogP contribution in [0.5, 0.6) is 0 Å². The number of aliphatic hydroxyl groups excluding tert-OH is 1. The SMILES string of the molecule is CC(C)C[C@@H]1NC(=O)[C@@H](Cc2ccc3ccccc3c2)NC(=O)[C@@H](NC(=O)[C@H](CO)NC(=O)[C@@H](Cc2c[nH]c3ccccc23)NC(=O)[C@H](Cc2cnc[nH]2)NC(=O)[C@@H]2CCC(=O)N2)CCC(=O)NCCCC[C@@H](C(=O)N2CCC[C@H]2C(=O)NCC(N)=O)NC1=O. The summed E-state index contributed by atoms with van der Waals surface area (Å²) in [5, 5.41) is 39.9. The van der Waals surface area contributed by atoms with Crippen molar-refractivity contribution in [3.8, 4) is 0 Å². The molecule has 480 valence electrons. The number of fused-ring (bicyclic) bond motifs is 2. The van der Waals surface area contributed by atoms with Crippen LogP contribution >= 0.6 is 0 Å². The standard InChI is InChI=1S/C62H79N15O13/c1-34(2)24-45-56(84)71-44(62(90)77-23-9-15-50(77)61(89)67-31-51(63)79)14-7-8-22-65-52(80)20-18-43(55(83)73-46(57(85)72-45)26-35-16-17-36-10-3-4-11-37(36)25-35)70-60(88)49(32-78)76-58(86)47(27-38-29-66-41-13-6-5-12-40(38)41)74-59(87)48(28-39-30-64-33-68-39)75-54(82)42-19-21-53(81)69-42/h3-6,10-13,16-17,25,29-30,33-34,42-50,66,78H,7-9,14-15,18-24,26-28,31-32H2,1-2H3,(H2,63,79)(H,64,68)(H,65,80)(H,67,89)(H,69,81)(H,70,88)(H,71,84)(H,72,85)(H,73,83)(H,74,87)(H,75,82)(H,76,86)/t42-,43-,44-,45-,46+,47+,48-,49-,50-/m0/s1. The Morgan fingerprint density at radius 1 is 0.689 bits per heavy atom. The lowest BCUT2D eigenvalue weighted by atomic mass is 9.98. The monoisotopic (exact) mass is 1240 g/mol. The number of nitrogens with zero attached hydrogens (tertiary/aromatic N) is 2. The number of nitrogens with two attached hydrogens (primary N) is 1. The van der Waals surface area contributed by atoms with E-state index >= 15 is 0 Å². The molecule has 0 saturated carbocycles. The van der Waals surface area contributed by atoms with E-state index in [0.717, 1.165) is 10.8 Å². The van der Waals surface area contributed by atoms with Gasteiger partial charge in [-0.2, -0.15) is 0 Å². The minimum atomic E-state index is -1.79. The molecule has 8 rings (SSSR count). The zero-order chi connectivity index (χ0) is 64.4. The zero-order valence-electron chi connectivity index (χ0n) is 50.2. The molecule has 3 aliphatic rings. The molecule has 0 bridgehead atoms. The fraction of sp³-hybridized carbons (Fsp3) is 0.468. The van der Waals surface area contributed by atoms with Crippen LogP contribution in [0.1, 0.15) is 94.9 Å². The van der Waals surface area contributed by atoms with Crippen LogP contribution in [0.15, 0.2) is 85.5 Å². The minimum Gasteiger partial charge on any atom is -0.394 e. The van der Waals surface area contributed by atoms with Crippen molar-refractivity contribution in [2.75, 3.05) is 26.2 Å². The summed E-state index contributed by atoms with van der Waals surface area (Å²) in [7, 11) is 0. The molecule has 2 aromatic heterocycles. The van der Waals surface area contributed by atoms with E-state index in [2.05, 4.69) is 68.1 Å². The first-order valence-corrected chi connectivity index (χ1v) is 30.4. The van der Waals surface area contributed by atoms with Gasteiger partial charge in [0, 0.05) is 74.2 Å². The summed E-state index contributed by atoms with van der Waals surface area (Å²) in [6.07, 6.45) is 5.08. The molecule has 0 radical (unpaired) electrons. The fourth-order valence-electron chi connectivity index (χ4n) is 11.4. The number of likely N-dealkylation sites (tertiary alicyclic amines) is 1. The Morgan fingerprint density at radius 3 is 2.12 bits per heavy atom. The number of H-pyrrole nitrogens is 2. The smallest absolute Gasteiger partial charge is 0.245 e. The number of nitrogens with one attached hydrogen (secondary N) is 12. The van der Waals surface area contributed by atoms with E-state index < -0.39 is 133 Å². The lowest BCUT2D eigenvalue weighted by Crippen LogP contribution is -2.61. The normalized spacial score (nSPS) is 21.5. The van der Waals surface area contributed by atoms with Gasteiger partial charge in [-0.1, -0.05) is 74.5 Å². The first kappa shape index (κ1) is 66.2. The summed E-state index contributed by atoms with van der Waals surface area (Å²) in [5.74, 6) is -9.02. The van der Waals surface area contributed by atoms with Crippen LogP contribution in [0.2, 0.25) is 0 Å². The molecule has 28 nitrogen and oxygen atoms in total. The van der Waals surface area contributed by atoms with E-state index in [9.17, 15) is 62.6 Å². The molecule has 15 N–H and O–H groups in total. The molecular formula is C62H79N15O13. The van der Waals surface area contributed by atoms with Gasteiger partial charge in [-0.15, -0.1) is 0 Å². The van der Waals surface area contributed by atoms with Crippen molar-refractivity contribution in [3.63, 3.8) is 0 Å². The highest BCUT2D eigenvalue weighted by atomic mass is 16.3. The van der Waals surface area contributed by atoms with Crippen LogP contribution in [-0.4, -0.2) is 176 Å². The highest BCUT2D eigenvalue weighted by Gasteiger charge is 2.40. The largest absolute Gasteiger partial charge is 0.394 e. The molecule has 3 fully saturated rings. The average Bonchev–Trinajstić information content (AvgIpc) is 2.32. The Morgan fingerprint density at radius 2 is 1.40 bits per heavy atom. The molecule has 0 unspecified atom stereocenters. The minimum absolute atomic E-state index is 0.0649. The lowest BCUT2D eigenvalue weighted by molar-refractivity contribution is -0.142. The highest BCUT2D eigenvalue weighted by Crippen LogP contribution is 2.23. The molecule has 9 atom stereocenters. The van der Waals surface area contributed by atoms with E-state index in [0.29, 0.717) is 47.0 Å². The number of amides is 12. The molecule has 5 aromatic rings. The van der Waals surface area contributed by atoms with Gasteiger partial charge in [-0.05, 0) is 85.3 Å². The van der Waals surface area contributed by atoms with Crippen molar-refractivity contribution >= 4 is 92.6 Å². The van der Waals surface area contributed by atoms with Crippen LogP contribution < -0.4 is 58.9 Å². The number of hydrogen-bond donors (Lipinski definition) is 14. The van der Waals surface area contributed by atoms with Gasteiger partial charge >= 0.3 is 0 Å². The van der Waals surface area contributed by atoms with E-state index in [1.807, 2.05) is 50.2 Å². The topological polar surface area (TPSA) is 419 Å². The molecule has 3 aliphatic heterocycles. The third kappa shape index (κ3) is 18.2. The van der Waals surface area contributed by atoms with Crippen molar-refractivity contribution in [2.24, 2.45) is 11.7 Å². The van der Waals surface area contributed by atoms with Crippen molar-refractivity contribution in [1.29, 1.82) is 0 Å². The summed E-state index contributed by atoms with van der Waals surface area (Å²) in [5.41, 5.74) is 7.58. The van der Waals surface area contributed by atoms with Crippen molar-refractivity contribution in [2.45, 2.75) is 152 Å². The molecule has 0 aliphatic carbocycles. The number of hydrogen-bond acceptors (Lipinski definition) is 14. The number of aromatic amines is 2. The molecular weight excluding hydrogens is 1160 g/mol. The second-order valence-electron chi connectivity index (χ2n) is 23.4. The number of imidazole rings is 1. The number of para-hydroxylation sites is 1. The summed E-state index contributed by atoms with van der Waals surface area (Å²) >= 11 is 0. The molecule has 5 heterocycles. The zero-order valence-corrected chi connectivity index (χ0v) is 50.2. The maximum atomic E-state index is 14.9. The predicted octanol–water partition coefficient (Wildman–Crippen LogP) is -1.54. The van der Waals surface area contributed by atoms with E-state index in [-0.39, 0.29) is 89.1 Å². The predicted molar refractivity (Wildman–Crippen MR) is 326 cm³/mol. The number of aliphatic hydroxyl groups is 1. The first-order valence-electron chi connectivity index (χ1n) is 30.4. The van der Waals surface area contributed by atoms with Crippen LogP contribution in [0.25, 0.3) is 21.7 Å². The van der Waals surface area contributed by atoms with Gasteiger partial charge < -0.3 is 78.9 Å². The van der Waals surface area contributed by atoms with Gasteiger partial charge in [0.15, 0.2) is 0 Å². The third-order valence-electron chi connectivity index (χ3n) is 16.1. The quantitative estimate of drug-likeness (QED) is 0.0396. The second-order valence-corrected chi connectivity index (χ2v) is 23.4. The number of rotatable bonds is 21. The summed E-state index contributed by atoms with van der Waals surface area (Å²) in [4.78, 5) is 177. The molecule has 28 heteroatoms. The number of benzene rings is 3. The molecule has 12 amide bonds. The van der Waals surface area contributed by atoms with Gasteiger partial charge in [-0.25, -0.2) is 4.98 Å². The lowest BCUT2D eigenvalue weighted by Gasteiger charge is -2.31. The van der Waals surface area contributed by atoms with Gasteiger partial charge in [0.1, 0.15) is 54.4 Å². The summed E-state index contributed by atoms with van der Waals surface area (Å²) in [6, 6.07) is 8.09. The Kier molecular flexibility index (Phi) is 23.1. The molecule has 90 heavy (non-hydrogen) atoms. The number of primary amides is 1. The number of aromatic nitrogens is 3. The summed E-state index contributed by atoms with van der Waals surface area (Å²) in [6.45, 7) is 2.45. The summed E-state index contributed by atoms with van der Waals surface area (Å²) < 4.78 is 0. The van der Waals surface area contributed by atoms with E-state index in [4.69, 9.17) is 5.73 Å². The second kappa shape index (κ2) is 31.4. The number of carbonyl (C=O) groups is 12. The average molecular weight is 1240 g/mol. The Labute approximate surface area is 518 Å². The van der Waals surface area contributed by atoms with Gasteiger partial charge in [0.2, 0.25) is 70.9 Å². The van der Waals surface area contributed by atoms with Crippen molar-refractivity contribution in [1.82, 2.24) is 73.0 Å². The van der Waals surface area contributed by atoms with Crippen LogP contribution in [0.4, 0.5) is 0 Å². The third-order valence-corrected chi connectivity index (χ3v) is 16.1. The van der Waals surface area contributed by atoms with Gasteiger partial charge in [-0.3, -0.25) is 57.5 Å². The number of carbonyl (C=O) groups excluding carboxylic acids is 12. The maximum absolute atomic E-state index is 14.9. The van der Waals surface area contributed by atoms with E-state index in [1.54, 1.807) is 36.5 Å². The van der Waals surface area contributed by atoms with Crippen LogP contribution in [0.3, 0.4) is 0 Å². The highest BCUT2D eigenvalue weighted by molar-refractivity contribution is 6.00. The van der Waals surface area contributed by atoms with Gasteiger partial charge in [0.05, 0.1) is 19.5 Å². The first-order chi connectivity index (χ1) is 43.2. The fourth-order valence-corrected chi connectivity index (χ4v) is 11.4. The van der Waals surface area contributed by atoms with Crippen molar-refractivity contribution in [3.05, 3.63) is 102 Å². The Balaban J connectivity index is 1.05.